The largest absolute Gasteiger partial charge is 0.494 e. The van der Waals surface area contributed by atoms with Gasteiger partial charge in [-0.3, -0.25) is 14.7 Å². The van der Waals surface area contributed by atoms with E-state index in [2.05, 4.69) is 68.6 Å². The van der Waals surface area contributed by atoms with Crippen molar-refractivity contribution in [3.8, 4) is 17.2 Å². The second-order valence-corrected chi connectivity index (χ2v) is 30.2. The van der Waals surface area contributed by atoms with Crippen LogP contribution in [0.3, 0.4) is 0 Å². The molecule has 3 unspecified atom stereocenters. The minimum absolute atomic E-state index is 0.187. The van der Waals surface area contributed by atoms with Crippen molar-refractivity contribution in [3.63, 3.8) is 0 Å². The second-order valence-electron chi connectivity index (χ2n) is 28.9. The lowest BCUT2D eigenvalue weighted by Crippen LogP contribution is -2.40. The lowest BCUT2D eigenvalue weighted by molar-refractivity contribution is 0.0924. The molecule has 586 valence electrons. The first-order valence-electron chi connectivity index (χ1n) is 39.9. The van der Waals surface area contributed by atoms with Crippen molar-refractivity contribution in [3.05, 3.63) is 193 Å². The highest BCUT2D eigenvalue weighted by Crippen LogP contribution is 2.44. The summed E-state index contributed by atoms with van der Waals surface area (Å²) in [6.45, 7) is 21.4. The number of hydrogen-bond acceptors (Lipinski definition) is 13. The molecule has 0 radical (unpaired) electrons. The van der Waals surface area contributed by atoms with Crippen LogP contribution in [0.1, 0.15) is 193 Å². The molecule has 4 aliphatic heterocycles. The fraction of sp³-hybridized carbons (Fsp3) is 0.483. The first-order chi connectivity index (χ1) is 53.2. The molecule has 3 aromatic heterocycles. The van der Waals surface area contributed by atoms with E-state index in [4.69, 9.17) is 68.3 Å². The second kappa shape index (κ2) is 41.8. The summed E-state index contributed by atoms with van der Waals surface area (Å²) in [5.41, 5.74) is 12.8. The molecule has 22 heteroatoms. The van der Waals surface area contributed by atoms with Crippen molar-refractivity contribution in [1.82, 2.24) is 45.2 Å². The topological polar surface area (TPSA) is 211 Å². The Morgan fingerprint density at radius 2 is 0.780 bits per heavy atom. The predicted molar refractivity (Wildman–Crippen MR) is 438 cm³/mol. The Morgan fingerprint density at radius 1 is 0.440 bits per heavy atom. The summed E-state index contributed by atoms with van der Waals surface area (Å²) >= 11 is 18.9. The molecule has 7 heterocycles. The molecule has 13 rings (SSSR count). The molecule has 109 heavy (non-hydrogen) atoms. The van der Waals surface area contributed by atoms with Crippen molar-refractivity contribution in [2.24, 2.45) is 0 Å². The quantitative estimate of drug-likeness (QED) is 0.0167. The standard InChI is InChI=1S/C30H38ClN3O3.C29H38ClN3O3.C28H36ClN3O4/c1-2-36-30(35)34-19-15-25-26-21-23(31)11-14-27(26)32-28(25)29(34)22-9-12-24(13-10-22)37-20-8-4-3-5-16-33-17-6-7-18-33;1-4-35-29(34)33-17-15-24-25-19-22(30)11-14-26(25)32-27(24)28(33)21-9-12-23(13-10-21)36-18-8-6-5-7-16-31-20(2)3;1-2-35-28(34)32-16-13-23-24-19-21(29)9-12-25(24)31-26(23)27(32)20-7-10-22(11-8-20)36-18-6-4-3-5-14-30-15-17-33/h9-14,21,29,32H,2-8,15-20H2,1H3;9-14,19-20,28,31-32H,4-8,15-18H2,1-3H3;7-12,19,27,30-31,33H,2-6,13-18H2,1H3. The molecule has 0 aliphatic carbocycles. The molecule has 1 saturated heterocycles. The molecule has 19 nitrogen and oxygen atoms in total. The number of hydrogen-bond donors (Lipinski definition) is 6. The monoisotopic (exact) mass is 1550 g/mol. The minimum atomic E-state index is -0.309. The summed E-state index contributed by atoms with van der Waals surface area (Å²) in [5.74, 6) is 2.54. The maximum atomic E-state index is 12.9. The van der Waals surface area contributed by atoms with Crippen LogP contribution < -0.4 is 24.8 Å². The Labute approximate surface area is 658 Å². The number of carbonyl (C=O) groups is 3. The lowest BCUT2D eigenvalue weighted by Gasteiger charge is -2.35. The Bertz CT molecular complexity index is 4330. The van der Waals surface area contributed by atoms with E-state index in [9.17, 15) is 14.4 Å². The zero-order chi connectivity index (χ0) is 76.4. The van der Waals surface area contributed by atoms with Crippen LogP contribution >= 0.6 is 34.8 Å². The van der Waals surface area contributed by atoms with E-state index in [0.29, 0.717) is 80.3 Å². The molecule has 1 fully saturated rings. The highest BCUT2D eigenvalue weighted by atomic mass is 35.5. The number of fused-ring (bicyclic) bond motifs is 9. The number of benzene rings is 6. The highest BCUT2D eigenvalue weighted by molar-refractivity contribution is 6.32. The number of ether oxygens (including phenoxy) is 6. The molecule has 9 aromatic rings. The number of nitrogens with zero attached hydrogens (tertiary/aromatic N) is 4. The number of carbonyl (C=O) groups excluding carboxylic acids is 3. The van der Waals surface area contributed by atoms with E-state index in [1.165, 1.54) is 87.7 Å². The van der Waals surface area contributed by atoms with Gasteiger partial charge in [-0.2, -0.15) is 0 Å². The number of nitrogens with one attached hydrogen (secondary N) is 5. The summed E-state index contributed by atoms with van der Waals surface area (Å²) < 4.78 is 34.2. The number of H-pyrrole nitrogens is 3. The molecule has 4 aliphatic rings. The number of aliphatic hydroxyl groups excluding tert-OH is 1. The smallest absolute Gasteiger partial charge is 0.410 e. The van der Waals surface area contributed by atoms with E-state index in [-0.39, 0.29) is 43.0 Å². The number of aromatic nitrogens is 3. The summed E-state index contributed by atoms with van der Waals surface area (Å²) in [4.78, 5) is 57.3. The van der Waals surface area contributed by atoms with Crippen LogP contribution in [0.5, 0.6) is 17.2 Å². The third-order valence-electron chi connectivity index (χ3n) is 20.9. The maximum absolute atomic E-state index is 12.9. The average molecular weight is 1550 g/mol. The van der Waals surface area contributed by atoms with Crippen molar-refractivity contribution in [2.75, 3.05) is 105 Å². The molecular formula is C87H112Cl3N9O10. The van der Waals surface area contributed by atoms with Crippen LogP contribution in [0.2, 0.25) is 15.1 Å². The lowest BCUT2D eigenvalue weighted by atomic mass is 9.92. The number of likely N-dealkylation sites (tertiary alicyclic amines) is 1. The van der Waals surface area contributed by atoms with E-state index >= 15 is 0 Å². The van der Waals surface area contributed by atoms with Crippen LogP contribution in [0.25, 0.3) is 32.7 Å². The van der Waals surface area contributed by atoms with E-state index in [0.717, 1.165) is 161 Å². The van der Waals surface area contributed by atoms with Crippen LogP contribution in [0.4, 0.5) is 14.4 Å². The number of aromatic amines is 3. The van der Waals surface area contributed by atoms with Gasteiger partial charge >= 0.3 is 18.3 Å². The summed E-state index contributed by atoms with van der Waals surface area (Å²) in [6.07, 6.45) is 17.9. The number of unbranched alkanes of at least 4 members (excludes halogenated alkanes) is 9. The fourth-order valence-corrected chi connectivity index (χ4v) is 16.0. The third-order valence-corrected chi connectivity index (χ3v) is 21.6. The van der Waals surface area contributed by atoms with Crippen molar-refractivity contribution >= 4 is 85.8 Å². The van der Waals surface area contributed by atoms with Gasteiger partial charge in [-0.1, -0.05) is 124 Å². The van der Waals surface area contributed by atoms with Gasteiger partial charge in [-0.25, -0.2) is 14.4 Å². The number of halogens is 3. The summed E-state index contributed by atoms with van der Waals surface area (Å²) in [6, 6.07) is 41.7. The zero-order valence-corrected chi connectivity index (χ0v) is 66.6. The first-order valence-corrected chi connectivity index (χ1v) is 41.0. The Balaban J connectivity index is 0.000000162. The Kier molecular flexibility index (Phi) is 31.4. The van der Waals surface area contributed by atoms with Crippen molar-refractivity contribution in [1.29, 1.82) is 0 Å². The van der Waals surface area contributed by atoms with Gasteiger partial charge < -0.3 is 64.0 Å². The average Bonchev–Trinajstić information content (AvgIpc) is 1.62. The van der Waals surface area contributed by atoms with Crippen LogP contribution in [0, 0.1) is 0 Å². The van der Waals surface area contributed by atoms with Crippen molar-refractivity contribution in [2.45, 2.75) is 168 Å². The van der Waals surface area contributed by atoms with E-state index < -0.39 is 0 Å². The van der Waals surface area contributed by atoms with E-state index in [1.54, 1.807) is 4.90 Å². The van der Waals surface area contributed by atoms with Gasteiger partial charge in [0.1, 0.15) is 35.4 Å². The number of amides is 3. The first kappa shape index (κ1) is 81.8. The fourth-order valence-electron chi connectivity index (χ4n) is 15.5. The SMILES string of the molecule is CCOC(=O)N1CCc2c([nH]c3ccc(Cl)cc23)C1c1ccc(OCCCCCCN2CCCC2)cc1.CCOC(=O)N1CCc2c([nH]c3ccc(Cl)cc23)C1c1ccc(OCCCCCCNC(C)C)cc1.CCOC(=O)N1CCc2c([nH]c3ccc(Cl)cc23)C1c1ccc(OCCCCCCNCCO)cc1. The van der Waals surface area contributed by atoms with Gasteiger partial charge in [0, 0.05) is 97.1 Å². The number of rotatable bonds is 33. The van der Waals surface area contributed by atoms with Gasteiger partial charge in [0.25, 0.3) is 0 Å². The molecule has 0 bridgehead atoms. The van der Waals surface area contributed by atoms with Crippen LogP contribution in [-0.4, -0.2) is 169 Å². The van der Waals surface area contributed by atoms with Crippen LogP contribution in [0.15, 0.2) is 127 Å². The molecular weight excluding hydrogens is 1440 g/mol. The maximum Gasteiger partial charge on any atom is 0.410 e. The summed E-state index contributed by atoms with van der Waals surface area (Å²) in [5, 5.41) is 20.9. The van der Waals surface area contributed by atoms with Gasteiger partial charge in [0.05, 0.1) is 46.2 Å². The third kappa shape index (κ3) is 22.1. The normalized spacial score (nSPS) is 16.1. The molecule has 3 amide bonds. The Hall–Kier alpha value is -8.14. The zero-order valence-electron chi connectivity index (χ0n) is 64.3. The van der Waals surface area contributed by atoms with Gasteiger partial charge in [0.2, 0.25) is 0 Å². The van der Waals surface area contributed by atoms with Gasteiger partial charge in [0.15, 0.2) is 0 Å². The molecule has 0 spiro atoms. The van der Waals surface area contributed by atoms with Gasteiger partial charge in [-0.15, -0.1) is 0 Å². The molecule has 6 N–H and O–H groups in total. The van der Waals surface area contributed by atoms with Crippen molar-refractivity contribution < 1.29 is 47.9 Å². The Morgan fingerprint density at radius 3 is 1.12 bits per heavy atom. The molecule has 6 aromatic carbocycles. The molecule has 0 saturated carbocycles. The number of aliphatic hydroxyl groups is 1. The highest BCUT2D eigenvalue weighted by Gasteiger charge is 2.39. The summed E-state index contributed by atoms with van der Waals surface area (Å²) in [7, 11) is 0. The van der Waals surface area contributed by atoms with E-state index in [1.807, 2.05) is 134 Å². The predicted octanol–water partition coefficient (Wildman–Crippen LogP) is 19.3. The minimum Gasteiger partial charge on any atom is -0.494 e. The van der Waals surface area contributed by atoms with Gasteiger partial charge in [-0.05, 0) is 249 Å². The molecule has 3 atom stereocenters. The van der Waals surface area contributed by atoms with Crippen LogP contribution in [-0.2, 0) is 33.5 Å².